The van der Waals surface area contributed by atoms with Crippen LogP contribution in [0.1, 0.15) is 30.1 Å². The molecule has 3 aromatic rings. The van der Waals surface area contributed by atoms with Gasteiger partial charge in [-0.3, -0.25) is 4.79 Å². The first-order valence-electron chi connectivity index (χ1n) is 10.4. The zero-order valence-corrected chi connectivity index (χ0v) is 19.5. The van der Waals surface area contributed by atoms with E-state index in [1.807, 2.05) is 0 Å². The molecule has 176 valence electrons. The molecular formula is C22H19ClFN5O4S. The minimum atomic E-state index is -3.47. The summed E-state index contributed by atoms with van der Waals surface area (Å²) in [6.07, 6.45) is 4.30. The highest BCUT2D eigenvalue weighted by atomic mass is 35.5. The molecular weight excluding hydrogens is 485 g/mol. The van der Waals surface area contributed by atoms with Crippen molar-refractivity contribution in [3.63, 3.8) is 0 Å². The molecule has 34 heavy (non-hydrogen) atoms. The van der Waals surface area contributed by atoms with Gasteiger partial charge in [-0.1, -0.05) is 11.6 Å². The molecule has 1 aromatic carbocycles. The van der Waals surface area contributed by atoms with Gasteiger partial charge in [0.25, 0.3) is 5.56 Å². The molecule has 0 unspecified atom stereocenters. The summed E-state index contributed by atoms with van der Waals surface area (Å²) >= 11 is 6.36. The van der Waals surface area contributed by atoms with E-state index in [1.54, 1.807) is 4.90 Å². The van der Waals surface area contributed by atoms with Crippen molar-refractivity contribution in [3.8, 4) is 11.1 Å². The van der Waals surface area contributed by atoms with E-state index in [4.69, 9.17) is 11.6 Å². The summed E-state index contributed by atoms with van der Waals surface area (Å²) in [7, 11) is -3.47. The molecule has 1 saturated heterocycles. The fourth-order valence-corrected chi connectivity index (χ4v) is 5.45. The van der Waals surface area contributed by atoms with Gasteiger partial charge in [0.1, 0.15) is 5.82 Å². The molecule has 2 atom stereocenters. The topological polar surface area (TPSA) is 125 Å². The van der Waals surface area contributed by atoms with Crippen LogP contribution in [0.4, 0.5) is 14.9 Å². The Kier molecular flexibility index (Phi) is 5.40. The number of aromatic nitrogens is 3. The monoisotopic (exact) mass is 503 g/mol. The van der Waals surface area contributed by atoms with Crippen LogP contribution in [-0.4, -0.2) is 46.8 Å². The number of nitrogens with one attached hydrogen (secondary N) is 2. The number of carbonyl (C=O) groups excluding carboxylic acids is 1. The molecule has 4 heterocycles. The number of sulfone groups is 1. The molecule has 5 rings (SSSR count). The van der Waals surface area contributed by atoms with Crippen molar-refractivity contribution < 1.29 is 17.6 Å². The number of halogens is 2. The number of hydrogen-bond donors (Lipinski definition) is 2. The fourth-order valence-electron chi connectivity index (χ4n) is 4.62. The van der Waals surface area contributed by atoms with Gasteiger partial charge in [-0.25, -0.2) is 27.7 Å². The van der Waals surface area contributed by atoms with Crippen LogP contribution in [-0.2, 0) is 16.3 Å². The van der Waals surface area contributed by atoms with E-state index in [9.17, 15) is 22.4 Å². The third-order valence-corrected chi connectivity index (χ3v) is 7.47. The van der Waals surface area contributed by atoms with Gasteiger partial charge in [-0.2, -0.15) is 5.10 Å². The van der Waals surface area contributed by atoms with E-state index in [2.05, 4.69) is 20.5 Å². The van der Waals surface area contributed by atoms with Crippen molar-refractivity contribution in [3.05, 3.63) is 69.0 Å². The Morgan fingerprint density at radius 3 is 2.76 bits per heavy atom. The van der Waals surface area contributed by atoms with E-state index in [1.165, 1.54) is 36.5 Å². The normalized spacial score (nSPS) is 19.1. The van der Waals surface area contributed by atoms with Crippen LogP contribution in [0.3, 0.4) is 0 Å². The van der Waals surface area contributed by atoms with Gasteiger partial charge in [-0.05, 0) is 49.1 Å². The van der Waals surface area contributed by atoms with Crippen molar-refractivity contribution in [2.24, 2.45) is 0 Å². The number of H-pyrrole nitrogens is 1. The van der Waals surface area contributed by atoms with E-state index in [0.29, 0.717) is 29.7 Å². The quantitative estimate of drug-likeness (QED) is 0.565. The van der Waals surface area contributed by atoms with Gasteiger partial charge < -0.3 is 10.2 Å². The van der Waals surface area contributed by atoms with E-state index < -0.39 is 21.7 Å². The number of aromatic amines is 1. The largest absolute Gasteiger partial charge is 0.322 e. The third kappa shape index (κ3) is 3.94. The zero-order chi connectivity index (χ0) is 24.2. The maximum atomic E-state index is 14.9. The number of rotatable bonds is 3. The average molecular weight is 504 g/mol. The second-order valence-corrected chi connectivity index (χ2v) is 10.8. The SMILES string of the molecule is CS(=O)(=O)c1ccc(-c2cc(F)c(NC(=O)N3[C@H]4CC[C@@H]3c3n[nH]c(=O)cc3C4)cc2Cl)cn1. The molecule has 0 spiro atoms. The summed E-state index contributed by atoms with van der Waals surface area (Å²) in [5.41, 5.74) is 1.86. The number of amides is 2. The van der Waals surface area contributed by atoms with Gasteiger partial charge in [0, 0.05) is 35.7 Å². The lowest BCUT2D eigenvalue weighted by Crippen LogP contribution is -2.45. The molecule has 0 aliphatic carbocycles. The van der Waals surface area contributed by atoms with Crippen LogP contribution in [0.5, 0.6) is 0 Å². The molecule has 2 aliphatic rings. The predicted octanol–water partition coefficient (Wildman–Crippen LogP) is 3.32. The Hall–Kier alpha value is -3.31. The zero-order valence-electron chi connectivity index (χ0n) is 17.9. The van der Waals surface area contributed by atoms with E-state index in [0.717, 1.165) is 18.2 Å². The predicted molar refractivity (Wildman–Crippen MR) is 123 cm³/mol. The van der Waals surface area contributed by atoms with Gasteiger partial charge in [-0.15, -0.1) is 0 Å². The molecule has 2 aliphatic heterocycles. The highest BCUT2D eigenvalue weighted by Crippen LogP contribution is 2.42. The summed E-state index contributed by atoms with van der Waals surface area (Å²) in [4.78, 5) is 30.2. The number of fused-ring (bicyclic) bond motifs is 4. The second kappa shape index (κ2) is 8.17. The summed E-state index contributed by atoms with van der Waals surface area (Å²) in [5.74, 6) is -0.702. The molecule has 2 N–H and O–H groups in total. The molecule has 2 amide bonds. The van der Waals surface area contributed by atoms with Crippen molar-refractivity contribution in [2.45, 2.75) is 36.4 Å². The van der Waals surface area contributed by atoms with Crippen LogP contribution in [0.2, 0.25) is 5.02 Å². The fraction of sp³-hybridized carbons (Fsp3) is 0.273. The van der Waals surface area contributed by atoms with Crippen LogP contribution >= 0.6 is 11.6 Å². The Morgan fingerprint density at radius 2 is 2.06 bits per heavy atom. The number of benzene rings is 1. The molecule has 2 aromatic heterocycles. The lowest BCUT2D eigenvalue weighted by Gasteiger charge is -2.35. The minimum absolute atomic E-state index is 0.0842. The van der Waals surface area contributed by atoms with E-state index >= 15 is 0 Å². The number of anilines is 1. The van der Waals surface area contributed by atoms with E-state index in [-0.39, 0.29) is 33.4 Å². The summed E-state index contributed by atoms with van der Waals surface area (Å²) in [6, 6.07) is 5.90. The number of hydrogen-bond acceptors (Lipinski definition) is 6. The van der Waals surface area contributed by atoms with Crippen molar-refractivity contribution >= 4 is 33.2 Å². The Labute approximate surface area is 198 Å². The standard InChI is InChI=1S/C22H19ClFN5O4S/c1-34(32,33)20-5-2-11(10-25-20)14-8-16(24)17(9-15(14)23)26-22(31)29-13-3-4-18(29)21-12(6-13)7-19(30)27-28-21/h2,5,7-10,13,18H,3-4,6H2,1H3,(H,26,31)(H,27,30)/t13-,18+/m0/s1. The first kappa shape index (κ1) is 22.5. The lowest BCUT2D eigenvalue weighted by molar-refractivity contribution is 0.177. The Bertz CT molecular complexity index is 1480. The van der Waals surface area contributed by atoms with Crippen molar-refractivity contribution in [1.82, 2.24) is 20.1 Å². The number of urea groups is 1. The Balaban J connectivity index is 1.39. The molecule has 0 saturated carbocycles. The number of pyridine rings is 1. The second-order valence-electron chi connectivity index (χ2n) is 8.40. The van der Waals surface area contributed by atoms with Crippen LogP contribution < -0.4 is 10.9 Å². The van der Waals surface area contributed by atoms with Crippen LogP contribution in [0.15, 0.2) is 46.3 Å². The van der Waals surface area contributed by atoms with Gasteiger partial charge in [0.2, 0.25) is 0 Å². The molecule has 0 radical (unpaired) electrons. The lowest BCUT2D eigenvalue weighted by atomic mass is 9.99. The maximum absolute atomic E-state index is 14.9. The summed E-state index contributed by atoms with van der Waals surface area (Å²) in [6.45, 7) is 0. The Morgan fingerprint density at radius 1 is 1.26 bits per heavy atom. The minimum Gasteiger partial charge on any atom is -0.313 e. The third-order valence-electron chi connectivity index (χ3n) is 6.15. The van der Waals surface area contributed by atoms with Gasteiger partial charge in [0.05, 0.1) is 22.4 Å². The summed E-state index contributed by atoms with van der Waals surface area (Å²) < 4.78 is 38.1. The first-order chi connectivity index (χ1) is 16.1. The molecule has 1 fully saturated rings. The van der Waals surface area contributed by atoms with Gasteiger partial charge >= 0.3 is 6.03 Å². The average Bonchev–Trinajstić information content (AvgIpc) is 3.10. The number of nitrogens with zero attached hydrogens (tertiary/aromatic N) is 3. The molecule has 2 bridgehead atoms. The van der Waals surface area contributed by atoms with Crippen molar-refractivity contribution in [2.75, 3.05) is 11.6 Å². The highest BCUT2D eigenvalue weighted by Gasteiger charge is 2.44. The van der Waals surface area contributed by atoms with Crippen LogP contribution in [0, 0.1) is 5.82 Å². The smallest absolute Gasteiger partial charge is 0.313 e. The van der Waals surface area contributed by atoms with Crippen LogP contribution in [0.25, 0.3) is 11.1 Å². The molecule has 9 nitrogen and oxygen atoms in total. The van der Waals surface area contributed by atoms with Gasteiger partial charge in [0.15, 0.2) is 14.9 Å². The summed E-state index contributed by atoms with van der Waals surface area (Å²) in [5, 5.41) is 9.22. The maximum Gasteiger partial charge on any atom is 0.322 e. The number of carbonyl (C=O) groups is 1. The highest BCUT2D eigenvalue weighted by molar-refractivity contribution is 7.90. The molecule has 12 heteroatoms. The van der Waals surface area contributed by atoms with Crippen molar-refractivity contribution in [1.29, 1.82) is 0 Å². The first-order valence-corrected chi connectivity index (χ1v) is 12.7.